The van der Waals surface area contributed by atoms with Gasteiger partial charge in [0.25, 0.3) is 0 Å². The normalized spacial score (nSPS) is 12.3. The van der Waals surface area contributed by atoms with Crippen LogP contribution >= 0.6 is 0 Å². The van der Waals surface area contributed by atoms with E-state index in [1.807, 2.05) is 0 Å². The van der Waals surface area contributed by atoms with Crippen LogP contribution in [0.4, 0.5) is 0 Å². The fraction of sp³-hybridized carbons (Fsp3) is 0.926. The summed E-state index contributed by atoms with van der Waals surface area (Å²) in [5, 5.41) is 0. The SMILES string of the molecule is CCCCC/C=C/CCCO[Si](C)(C)OCCCCCCCCCCCCCCC. The Kier molecular flexibility index (Phi) is 23.4. The van der Waals surface area contributed by atoms with Gasteiger partial charge in [0.15, 0.2) is 0 Å². The monoisotopic (exact) mass is 440 g/mol. The third kappa shape index (κ3) is 24.1. The minimum absolute atomic E-state index is 0.844. The first-order valence-corrected chi connectivity index (χ1v) is 16.4. The van der Waals surface area contributed by atoms with Gasteiger partial charge < -0.3 is 8.85 Å². The first-order valence-electron chi connectivity index (χ1n) is 13.5. The Morgan fingerprint density at radius 3 is 1.33 bits per heavy atom. The van der Waals surface area contributed by atoms with Crippen molar-refractivity contribution in [2.24, 2.45) is 0 Å². The topological polar surface area (TPSA) is 18.5 Å². The average molecular weight is 441 g/mol. The Labute approximate surface area is 191 Å². The van der Waals surface area contributed by atoms with Crippen molar-refractivity contribution in [2.45, 2.75) is 149 Å². The fourth-order valence-electron chi connectivity index (χ4n) is 3.75. The third-order valence-corrected chi connectivity index (χ3v) is 7.60. The van der Waals surface area contributed by atoms with Crippen molar-refractivity contribution >= 4 is 8.56 Å². The molecule has 0 aromatic heterocycles. The van der Waals surface area contributed by atoms with E-state index >= 15 is 0 Å². The van der Waals surface area contributed by atoms with Crippen LogP contribution in [0.15, 0.2) is 12.2 Å². The summed E-state index contributed by atoms with van der Waals surface area (Å²) in [5.74, 6) is 0. The molecule has 30 heavy (non-hydrogen) atoms. The van der Waals surface area contributed by atoms with Crippen LogP contribution in [0.25, 0.3) is 0 Å². The van der Waals surface area contributed by atoms with E-state index in [1.54, 1.807) is 0 Å². The van der Waals surface area contributed by atoms with Crippen molar-refractivity contribution in [2.75, 3.05) is 13.2 Å². The summed E-state index contributed by atoms with van der Waals surface area (Å²) < 4.78 is 12.2. The second kappa shape index (κ2) is 23.5. The lowest BCUT2D eigenvalue weighted by molar-refractivity contribution is 0.174. The van der Waals surface area contributed by atoms with E-state index in [2.05, 4.69) is 39.1 Å². The summed E-state index contributed by atoms with van der Waals surface area (Å²) in [5.41, 5.74) is 0. The molecule has 0 aliphatic heterocycles. The zero-order valence-corrected chi connectivity index (χ0v) is 22.3. The molecule has 0 saturated heterocycles. The van der Waals surface area contributed by atoms with Gasteiger partial charge in [-0.15, -0.1) is 0 Å². The van der Waals surface area contributed by atoms with E-state index in [9.17, 15) is 0 Å². The van der Waals surface area contributed by atoms with E-state index in [-0.39, 0.29) is 0 Å². The Morgan fingerprint density at radius 1 is 0.467 bits per heavy atom. The second-order valence-electron chi connectivity index (χ2n) is 9.45. The van der Waals surface area contributed by atoms with Gasteiger partial charge in [-0.25, -0.2) is 0 Å². The van der Waals surface area contributed by atoms with Crippen molar-refractivity contribution in [3.63, 3.8) is 0 Å². The molecule has 0 spiro atoms. The Hall–Kier alpha value is -0.123. The Balaban J connectivity index is 3.33. The molecule has 0 heterocycles. The number of rotatable bonds is 24. The van der Waals surface area contributed by atoms with Crippen LogP contribution in [-0.4, -0.2) is 21.8 Å². The molecule has 0 aliphatic rings. The van der Waals surface area contributed by atoms with Crippen molar-refractivity contribution in [1.82, 2.24) is 0 Å². The van der Waals surface area contributed by atoms with Gasteiger partial charge >= 0.3 is 8.56 Å². The summed E-state index contributed by atoms with van der Waals surface area (Å²) in [6.45, 7) is 10.7. The van der Waals surface area contributed by atoms with Gasteiger partial charge in [-0.2, -0.15) is 0 Å². The highest BCUT2D eigenvalue weighted by atomic mass is 28.4. The molecular weight excluding hydrogens is 384 g/mol. The van der Waals surface area contributed by atoms with Gasteiger partial charge in [-0.05, 0) is 45.2 Å². The second-order valence-corrected chi connectivity index (χ2v) is 12.8. The molecule has 3 heteroatoms. The van der Waals surface area contributed by atoms with Crippen LogP contribution in [0.3, 0.4) is 0 Å². The molecule has 0 amide bonds. The van der Waals surface area contributed by atoms with E-state index in [0.29, 0.717) is 0 Å². The largest absolute Gasteiger partial charge is 0.395 e. The van der Waals surface area contributed by atoms with E-state index < -0.39 is 8.56 Å². The molecule has 0 aliphatic carbocycles. The Morgan fingerprint density at radius 2 is 0.833 bits per heavy atom. The van der Waals surface area contributed by atoms with Crippen molar-refractivity contribution in [3.05, 3.63) is 12.2 Å². The maximum absolute atomic E-state index is 6.10. The number of allylic oxidation sites excluding steroid dienone is 2. The molecule has 0 rings (SSSR count). The molecule has 0 saturated carbocycles. The van der Waals surface area contributed by atoms with Gasteiger partial charge in [0, 0.05) is 13.2 Å². The molecule has 0 radical (unpaired) electrons. The fourth-order valence-corrected chi connectivity index (χ4v) is 5.10. The molecule has 180 valence electrons. The molecule has 0 unspecified atom stereocenters. The van der Waals surface area contributed by atoms with E-state index in [1.165, 1.54) is 109 Å². The van der Waals surface area contributed by atoms with Gasteiger partial charge in [0.1, 0.15) is 0 Å². The van der Waals surface area contributed by atoms with Crippen LogP contribution in [0.5, 0.6) is 0 Å². The van der Waals surface area contributed by atoms with E-state index in [4.69, 9.17) is 8.85 Å². The van der Waals surface area contributed by atoms with Crippen LogP contribution in [-0.2, 0) is 8.85 Å². The van der Waals surface area contributed by atoms with E-state index in [0.717, 1.165) is 26.1 Å². The van der Waals surface area contributed by atoms with Crippen LogP contribution < -0.4 is 0 Å². The summed E-state index contributed by atoms with van der Waals surface area (Å²) in [6.07, 6.45) is 30.3. The number of hydrogen-bond acceptors (Lipinski definition) is 2. The molecule has 0 aromatic rings. The highest BCUT2D eigenvalue weighted by Crippen LogP contribution is 2.14. The van der Waals surface area contributed by atoms with Crippen molar-refractivity contribution in [1.29, 1.82) is 0 Å². The van der Waals surface area contributed by atoms with Crippen LogP contribution in [0, 0.1) is 0 Å². The van der Waals surface area contributed by atoms with Gasteiger partial charge in [-0.3, -0.25) is 0 Å². The maximum Gasteiger partial charge on any atom is 0.331 e. The molecule has 0 fully saturated rings. The molecular formula is C27H56O2Si. The summed E-state index contributed by atoms with van der Waals surface area (Å²) in [4.78, 5) is 0. The first kappa shape index (κ1) is 29.9. The Bertz CT molecular complexity index is 355. The molecule has 0 atom stereocenters. The average Bonchev–Trinajstić information content (AvgIpc) is 2.72. The first-order chi connectivity index (χ1) is 14.6. The zero-order chi connectivity index (χ0) is 22.2. The smallest absolute Gasteiger partial charge is 0.331 e. The summed E-state index contributed by atoms with van der Waals surface area (Å²) in [6, 6.07) is 0. The lowest BCUT2D eigenvalue weighted by Crippen LogP contribution is -2.35. The lowest BCUT2D eigenvalue weighted by atomic mass is 10.0. The molecule has 2 nitrogen and oxygen atoms in total. The number of unbranched alkanes of at least 4 members (excludes halogenated alkanes) is 16. The van der Waals surface area contributed by atoms with Crippen molar-refractivity contribution in [3.8, 4) is 0 Å². The summed E-state index contributed by atoms with van der Waals surface area (Å²) >= 11 is 0. The standard InChI is InChI=1S/C27H56O2Si/c1-5-7-9-11-13-15-16-17-18-19-21-23-25-27-29-30(3,4)28-26-24-22-20-14-12-10-8-6-2/h14,20H,5-13,15-19,21-27H2,1-4H3/b20-14+. The maximum atomic E-state index is 6.10. The highest BCUT2D eigenvalue weighted by molar-refractivity contribution is 6.64. The third-order valence-electron chi connectivity index (χ3n) is 5.80. The molecule has 0 N–H and O–H groups in total. The minimum Gasteiger partial charge on any atom is -0.395 e. The quantitative estimate of drug-likeness (QED) is 0.0844. The lowest BCUT2D eigenvalue weighted by Gasteiger charge is -2.22. The van der Waals surface area contributed by atoms with Gasteiger partial charge in [-0.1, -0.05) is 116 Å². The predicted molar refractivity (Wildman–Crippen MR) is 138 cm³/mol. The van der Waals surface area contributed by atoms with Crippen molar-refractivity contribution < 1.29 is 8.85 Å². The predicted octanol–water partition coefficient (Wildman–Crippen LogP) is 9.73. The molecule has 0 bridgehead atoms. The van der Waals surface area contributed by atoms with Crippen LogP contribution in [0.2, 0.25) is 13.1 Å². The van der Waals surface area contributed by atoms with Gasteiger partial charge in [0.05, 0.1) is 0 Å². The number of hydrogen-bond donors (Lipinski definition) is 0. The zero-order valence-electron chi connectivity index (χ0n) is 21.3. The summed E-state index contributed by atoms with van der Waals surface area (Å²) in [7, 11) is -1.92. The van der Waals surface area contributed by atoms with Crippen LogP contribution in [0.1, 0.15) is 136 Å². The molecule has 0 aromatic carbocycles. The highest BCUT2D eigenvalue weighted by Gasteiger charge is 2.23. The minimum atomic E-state index is -1.92. The van der Waals surface area contributed by atoms with Gasteiger partial charge in [0.2, 0.25) is 0 Å².